The number of aromatic amines is 2. The molecule has 1 unspecified atom stereocenters. The van der Waals surface area contributed by atoms with E-state index in [1.807, 2.05) is 12.1 Å². The van der Waals surface area contributed by atoms with Crippen LogP contribution in [-0.2, 0) is 24.2 Å². The van der Waals surface area contributed by atoms with Gasteiger partial charge in [-0.25, -0.2) is 4.98 Å². The summed E-state index contributed by atoms with van der Waals surface area (Å²) < 4.78 is 5.99. The zero-order chi connectivity index (χ0) is 23.2. The molecular formula is C24H26N6O3. The summed E-state index contributed by atoms with van der Waals surface area (Å²) in [6, 6.07) is 13.2. The van der Waals surface area contributed by atoms with E-state index >= 15 is 0 Å². The number of aryl methyl sites for hydroxylation is 2. The molecule has 0 saturated heterocycles. The van der Waals surface area contributed by atoms with Gasteiger partial charge in [0.15, 0.2) is 0 Å². The largest absolute Gasteiger partial charge is 0.489 e. The van der Waals surface area contributed by atoms with E-state index in [9.17, 15) is 9.90 Å². The molecule has 2 heterocycles. The Morgan fingerprint density at radius 1 is 1.15 bits per heavy atom. The number of benzene rings is 2. The number of nitrogens with one attached hydrogen (secondary N) is 2. The number of rotatable bonds is 10. The topological polar surface area (TPSA) is 130 Å². The molecule has 0 saturated carbocycles. The van der Waals surface area contributed by atoms with Crippen LogP contribution in [0, 0.1) is 0 Å². The molecule has 0 aliphatic heterocycles. The van der Waals surface area contributed by atoms with Crippen molar-refractivity contribution < 1.29 is 14.6 Å². The third-order valence-electron chi connectivity index (χ3n) is 5.47. The molecule has 0 aliphatic carbocycles. The molecule has 33 heavy (non-hydrogen) atoms. The van der Waals surface area contributed by atoms with Gasteiger partial charge < -0.3 is 14.8 Å². The first-order valence-electron chi connectivity index (χ1n) is 10.9. The fraction of sp³-hybridized carbons (Fsp3) is 0.292. The van der Waals surface area contributed by atoms with E-state index in [1.165, 1.54) is 5.56 Å². The van der Waals surface area contributed by atoms with Gasteiger partial charge in [-0.2, -0.15) is 5.21 Å². The minimum absolute atomic E-state index is 0.316. The van der Waals surface area contributed by atoms with Crippen LogP contribution in [0.15, 0.2) is 48.7 Å². The van der Waals surface area contributed by atoms with Gasteiger partial charge in [0.05, 0.1) is 5.69 Å². The minimum Gasteiger partial charge on any atom is -0.489 e. The molecule has 4 rings (SSSR count). The van der Waals surface area contributed by atoms with E-state index in [0.717, 1.165) is 36.2 Å². The van der Waals surface area contributed by atoms with Crippen LogP contribution in [0.2, 0.25) is 0 Å². The first kappa shape index (κ1) is 22.2. The number of aliphatic carboxylic acids is 1. The van der Waals surface area contributed by atoms with E-state index in [4.69, 9.17) is 4.74 Å². The molecule has 0 fully saturated rings. The van der Waals surface area contributed by atoms with Gasteiger partial charge >= 0.3 is 5.97 Å². The van der Waals surface area contributed by atoms with Crippen LogP contribution in [0.25, 0.3) is 11.4 Å². The maximum absolute atomic E-state index is 12.0. The Morgan fingerprint density at radius 2 is 1.97 bits per heavy atom. The zero-order valence-corrected chi connectivity index (χ0v) is 18.6. The lowest BCUT2D eigenvalue weighted by atomic mass is 9.96. The summed E-state index contributed by atoms with van der Waals surface area (Å²) in [6.07, 6.45) is 4.22. The summed E-state index contributed by atoms with van der Waals surface area (Å²) in [7, 11) is 0. The summed E-state index contributed by atoms with van der Waals surface area (Å²) in [5, 5.41) is 24.2. The number of carboxylic acids is 1. The summed E-state index contributed by atoms with van der Waals surface area (Å²) in [6.45, 7) is 4.46. The number of ether oxygens (including phenoxy) is 1. The average molecular weight is 447 g/mol. The molecule has 0 aliphatic rings. The van der Waals surface area contributed by atoms with Gasteiger partial charge in [0, 0.05) is 23.7 Å². The second kappa shape index (κ2) is 10.1. The van der Waals surface area contributed by atoms with Crippen LogP contribution in [0.4, 0.5) is 0 Å². The lowest BCUT2D eigenvalue weighted by Crippen LogP contribution is -2.13. The number of carbonyl (C=O) groups is 1. The lowest BCUT2D eigenvalue weighted by molar-refractivity contribution is -0.137. The van der Waals surface area contributed by atoms with Gasteiger partial charge in [0.25, 0.3) is 0 Å². The van der Waals surface area contributed by atoms with Crippen LogP contribution < -0.4 is 4.74 Å². The molecule has 3 N–H and O–H groups in total. The molecule has 0 bridgehead atoms. The lowest BCUT2D eigenvalue weighted by Gasteiger charge is -2.13. The standard InChI is InChI=1S/C24H26N6O3/c1-3-5-21-25-13-20(26-21)22(24(31)32)16-8-10-18(11-9-16)33-14-17-7-6-15(4-2)12-19(17)23-27-29-30-28-23/h6-13,22H,3-5,14H2,1-2H3,(H,25,26)(H,31,32)(H,27,28,29,30). The van der Waals surface area contributed by atoms with Gasteiger partial charge in [-0.1, -0.05) is 38.1 Å². The Labute approximate surface area is 191 Å². The number of hydrogen-bond donors (Lipinski definition) is 3. The zero-order valence-electron chi connectivity index (χ0n) is 18.6. The van der Waals surface area contributed by atoms with Crippen molar-refractivity contribution in [2.45, 2.75) is 45.6 Å². The van der Waals surface area contributed by atoms with Crippen molar-refractivity contribution in [2.75, 3.05) is 0 Å². The van der Waals surface area contributed by atoms with Crippen LogP contribution in [0.5, 0.6) is 5.75 Å². The quantitative estimate of drug-likeness (QED) is 0.337. The number of carboxylic acid groups (broad SMARTS) is 1. The number of tetrazole rings is 1. The fourth-order valence-electron chi connectivity index (χ4n) is 3.72. The Balaban J connectivity index is 1.50. The predicted molar refractivity (Wildman–Crippen MR) is 122 cm³/mol. The normalized spacial score (nSPS) is 11.9. The first-order valence-corrected chi connectivity index (χ1v) is 10.9. The van der Waals surface area contributed by atoms with Crippen LogP contribution in [0.3, 0.4) is 0 Å². The van der Waals surface area contributed by atoms with Gasteiger partial charge in [0.2, 0.25) is 5.82 Å². The molecule has 2 aromatic heterocycles. The molecule has 4 aromatic rings. The monoisotopic (exact) mass is 446 g/mol. The highest BCUT2D eigenvalue weighted by Crippen LogP contribution is 2.27. The highest BCUT2D eigenvalue weighted by Gasteiger charge is 2.24. The van der Waals surface area contributed by atoms with Gasteiger partial charge in [-0.3, -0.25) is 4.79 Å². The van der Waals surface area contributed by atoms with Crippen molar-refractivity contribution in [1.82, 2.24) is 30.6 Å². The van der Waals surface area contributed by atoms with Crippen molar-refractivity contribution in [2.24, 2.45) is 0 Å². The van der Waals surface area contributed by atoms with Crippen molar-refractivity contribution in [3.63, 3.8) is 0 Å². The van der Waals surface area contributed by atoms with E-state index in [1.54, 1.807) is 30.5 Å². The maximum Gasteiger partial charge on any atom is 0.317 e. The second-order valence-electron chi connectivity index (χ2n) is 7.74. The van der Waals surface area contributed by atoms with Gasteiger partial charge in [0.1, 0.15) is 24.1 Å². The molecule has 0 spiro atoms. The molecule has 170 valence electrons. The second-order valence-corrected chi connectivity index (χ2v) is 7.74. The van der Waals surface area contributed by atoms with Crippen LogP contribution in [-0.4, -0.2) is 41.7 Å². The Morgan fingerprint density at radius 3 is 2.64 bits per heavy atom. The number of nitrogens with zero attached hydrogens (tertiary/aromatic N) is 4. The smallest absolute Gasteiger partial charge is 0.317 e. The third kappa shape index (κ3) is 5.08. The van der Waals surface area contributed by atoms with Crippen molar-refractivity contribution in [3.8, 4) is 17.1 Å². The number of aromatic nitrogens is 6. The Kier molecular flexibility index (Phi) is 6.77. The van der Waals surface area contributed by atoms with E-state index in [0.29, 0.717) is 29.4 Å². The van der Waals surface area contributed by atoms with E-state index in [-0.39, 0.29) is 0 Å². The predicted octanol–water partition coefficient (Wildman–Crippen LogP) is 3.90. The minimum atomic E-state index is -0.934. The van der Waals surface area contributed by atoms with Crippen LogP contribution >= 0.6 is 0 Å². The van der Waals surface area contributed by atoms with Crippen molar-refractivity contribution in [1.29, 1.82) is 0 Å². The molecule has 2 aromatic carbocycles. The SMILES string of the molecule is CCCc1ncc(C(C(=O)O)c2ccc(OCc3ccc(CC)cc3-c3nn[nH]n3)cc2)[nH]1. The molecule has 0 radical (unpaired) electrons. The average Bonchev–Trinajstić information content (AvgIpc) is 3.51. The Hall–Kier alpha value is -4.01. The first-order chi connectivity index (χ1) is 16.1. The van der Waals surface area contributed by atoms with Crippen molar-refractivity contribution in [3.05, 3.63) is 76.9 Å². The van der Waals surface area contributed by atoms with Gasteiger partial charge in [-0.15, -0.1) is 10.2 Å². The van der Waals surface area contributed by atoms with Crippen molar-refractivity contribution >= 4 is 5.97 Å². The molecular weight excluding hydrogens is 420 g/mol. The fourth-order valence-corrected chi connectivity index (χ4v) is 3.72. The number of hydrogen-bond acceptors (Lipinski definition) is 6. The summed E-state index contributed by atoms with van der Waals surface area (Å²) >= 11 is 0. The van der Waals surface area contributed by atoms with Crippen LogP contribution in [0.1, 0.15) is 54.4 Å². The maximum atomic E-state index is 12.0. The number of H-pyrrole nitrogens is 2. The summed E-state index contributed by atoms with van der Waals surface area (Å²) in [5.74, 6) is 0.202. The number of imidazole rings is 1. The van der Waals surface area contributed by atoms with Gasteiger partial charge in [-0.05, 0) is 47.4 Å². The molecule has 1 atom stereocenters. The summed E-state index contributed by atoms with van der Waals surface area (Å²) in [4.78, 5) is 19.4. The third-order valence-corrected chi connectivity index (χ3v) is 5.47. The molecule has 9 heteroatoms. The van der Waals surface area contributed by atoms with E-state index < -0.39 is 11.9 Å². The highest BCUT2D eigenvalue weighted by atomic mass is 16.5. The molecule has 9 nitrogen and oxygen atoms in total. The Bertz CT molecular complexity index is 1200. The highest BCUT2D eigenvalue weighted by molar-refractivity contribution is 5.79. The summed E-state index contributed by atoms with van der Waals surface area (Å²) in [5.41, 5.74) is 4.19. The van der Waals surface area contributed by atoms with E-state index in [2.05, 4.69) is 50.5 Å². The molecule has 0 amide bonds.